The Balaban J connectivity index is 2.88. The van der Waals surface area contributed by atoms with Crippen molar-refractivity contribution < 1.29 is 19.1 Å². The fourth-order valence-corrected chi connectivity index (χ4v) is 2.06. The molecule has 4 nitrogen and oxygen atoms in total. The number of hydrogen-bond donors (Lipinski definition) is 0. The largest absolute Gasteiger partial charge is 0.462 e. The summed E-state index contributed by atoms with van der Waals surface area (Å²) in [7, 11) is 0. The van der Waals surface area contributed by atoms with E-state index in [1.165, 1.54) is 0 Å². The van der Waals surface area contributed by atoms with Crippen LogP contribution in [0.25, 0.3) is 0 Å². The smallest absolute Gasteiger partial charge is 0.339 e. The number of halogens is 1. The second-order valence-corrected chi connectivity index (χ2v) is 6.42. The van der Waals surface area contributed by atoms with Gasteiger partial charge in [0.1, 0.15) is 0 Å². The molecule has 0 fully saturated rings. The third-order valence-electron chi connectivity index (χ3n) is 2.70. The van der Waals surface area contributed by atoms with Crippen LogP contribution in [0.3, 0.4) is 0 Å². The number of carbonyl (C=O) groups is 2. The molecule has 0 atom stereocenters. The molecule has 0 unspecified atom stereocenters. The molecule has 0 aromatic heterocycles. The van der Waals surface area contributed by atoms with Gasteiger partial charge >= 0.3 is 11.9 Å². The molecular weight excluding hydrogens is 383 g/mol. The molecule has 0 N–H and O–H groups in total. The Morgan fingerprint density at radius 3 is 2.43 bits per heavy atom. The van der Waals surface area contributed by atoms with E-state index in [9.17, 15) is 9.59 Å². The van der Waals surface area contributed by atoms with Crippen LogP contribution in [0.1, 0.15) is 54.3 Å². The minimum atomic E-state index is -0.482. The van der Waals surface area contributed by atoms with E-state index in [2.05, 4.69) is 22.6 Å². The van der Waals surface area contributed by atoms with E-state index >= 15 is 0 Å². The van der Waals surface area contributed by atoms with Gasteiger partial charge in [-0.05, 0) is 53.1 Å². The second-order valence-electron chi connectivity index (χ2n) is 5.17. The highest BCUT2D eigenvalue weighted by molar-refractivity contribution is 14.1. The van der Waals surface area contributed by atoms with Crippen LogP contribution in [0, 0.1) is 9.49 Å². The van der Waals surface area contributed by atoms with Crippen molar-refractivity contribution >= 4 is 34.5 Å². The van der Waals surface area contributed by atoms with Crippen LogP contribution in [0.5, 0.6) is 0 Å². The average molecular weight is 404 g/mol. The lowest BCUT2D eigenvalue weighted by Gasteiger charge is -2.11. The first kappa shape index (κ1) is 17.9. The zero-order valence-corrected chi connectivity index (χ0v) is 14.8. The van der Waals surface area contributed by atoms with Crippen molar-refractivity contribution in [2.24, 2.45) is 5.92 Å². The molecule has 0 aliphatic rings. The Kier molecular flexibility index (Phi) is 7.71. The predicted molar refractivity (Wildman–Crippen MR) is 89.5 cm³/mol. The molecule has 1 aromatic rings. The third kappa shape index (κ3) is 6.03. The van der Waals surface area contributed by atoms with Gasteiger partial charge in [0.05, 0.1) is 24.3 Å². The zero-order valence-electron chi connectivity index (χ0n) is 12.6. The second kappa shape index (κ2) is 9.02. The summed E-state index contributed by atoms with van der Waals surface area (Å²) in [4.78, 5) is 24.2. The van der Waals surface area contributed by atoms with Gasteiger partial charge in [0.2, 0.25) is 0 Å². The van der Waals surface area contributed by atoms with E-state index < -0.39 is 11.9 Å². The van der Waals surface area contributed by atoms with Gasteiger partial charge in [0, 0.05) is 3.57 Å². The molecule has 1 aromatic carbocycles. The topological polar surface area (TPSA) is 52.6 Å². The third-order valence-corrected chi connectivity index (χ3v) is 3.37. The van der Waals surface area contributed by atoms with E-state index in [0.717, 1.165) is 16.4 Å². The van der Waals surface area contributed by atoms with E-state index in [1.807, 2.05) is 20.8 Å². The number of carbonyl (C=O) groups excluding carboxylic acids is 2. The highest BCUT2D eigenvalue weighted by Crippen LogP contribution is 2.17. The lowest BCUT2D eigenvalue weighted by molar-refractivity contribution is 0.0428. The number of esters is 2. The van der Waals surface area contributed by atoms with Crippen LogP contribution in [-0.2, 0) is 9.47 Å². The molecule has 0 heterocycles. The van der Waals surface area contributed by atoms with Crippen LogP contribution < -0.4 is 0 Å². The molecule has 0 bridgehead atoms. The van der Waals surface area contributed by atoms with Crippen molar-refractivity contribution in [1.29, 1.82) is 0 Å². The average Bonchev–Trinajstić information content (AvgIpc) is 2.44. The van der Waals surface area contributed by atoms with Crippen LogP contribution in [-0.4, -0.2) is 25.2 Å². The number of rotatable bonds is 7. The lowest BCUT2D eigenvalue weighted by atomic mass is 10.1. The summed E-state index contributed by atoms with van der Waals surface area (Å²) in [6.45, 7) is 6.63. The maximum absolute atomic E-state index is 12.1. The summed E-state index contributed by atoms with van der Waals surface area (Å²) < 4.78 is 11.3. The maximum atomic E-state index is 12.1. The Bertz CT molecular complexity index is 497. The fourth-order valence-electron chi connectivity index (χ4n) is 1.57. The fraction of sp³-hybridized carbons (Fsp3) is 0.500. The quantitative estimate of drug-likeness (QED) is 0.391. The summed E-state index contributed by atoms with van der Waals surface area (Å²) in [6, 6.07) is 5.04. The summed E-state index contributed by atoms with van der Waals surface area (Å²) in [6.07, 6.45) is 1.76. The summed E-state index contributed by atoms with van der Waals surface area (Å²) in [5, 5.41) is 0. The van der Waals surface area contributed by atoms with Crippen LogP contribution in [0.2, 0.25) is 0 Å². The highest BCUT2D eigenvalue weighted by atomic mass is 127. The Morgan fingerprint density at radius 1 is 1.14 bits per heavy atom. The first-order valence-corrected chi connectivity index (χ1v) is 8.17. The van der Waals surface area contributed by atoms with Gasteiger partial charge in [-0.1, -0.05) is 27.2 Å². The molecule has 0 aliphatic carbocycles. The monoisotopic (exact) mass is 404 g/mol. The summed E-state index contributed by atoms with van der Waals surface area (Å²) in [5.41, 5.74) is 0.532. The molecule has 0 saturated heterocycles. The molecule has 0 radical (unpaired) electrons. The minimum Gasteiger partial charge on any atom is -0.462 e. The molecule has 0 amide bonds. The molecule has 0 saturated carbocycles. The van der Waals surface area contributed by atoms with Gasteiger partial charge in [0.25, 0.3) is 0 Å². The molecule has 0 aliphatic heterocycles. The Labute approximate surface area is 139 Å². The van der Waals surface area contributed by atoms with Crippen molar-refractivity contribution in [3.05, 3.63) is 32.9 Å². The Hall–Kier alpha value is -1.11. The molecule has 21 heavy (non-hydrogen) atoms. The van der Waals surface area contributed by atoms with Gasteiger partial charge in [-0.2, -0.15) is 0 Å². The van der Waals surface area contributed by atoms with Gasteiger partial charge in [0.15, 0.2) is 0 Å². The van der Waals surface area contributed by atoms with Crippen LogP contribution in [0.15, 0.2) is 18.2 Å². The summed E-state index contributed by atoms with van der Waals surface area (Å²) in [5.74, 6) is -0.710. The van der Waals surface area contributed by atoms with Crippen molar-refractivity contribution in [2.75, 3.05) is 13.2 Å². The van der Waals surface area contributed by atoms with E-state index in [4.69, 9.17) is 9.47 Å². The number of unbranched alkanes of at least 4 members (excludes halogenated alkanes) is 1. The van der Waals surface area contributed by atoms with Gasteiger partial charge in [-0.25, -0.2) is 9.59 Å². The van der Waals surface area contributed by atoms with Gasteiger partial charge in [-0.15, -0.1) is 0 Å². The van der Waals surface area contributed by atoms with Gasteiger partial charge < -0.3 is 9.47 Å². The first-order valence-electron chi connectivity index (χ1n) is 7.09. The van der Waals surface area contributed by atoms with Crippen LogP contribution in [0.4, 0.5) is 0 Å². The van der Waals surface area contributed by atoms with E-state index in [0.29, 0.717) is 13.2 Å². The minimum absolute atomic E-state index is 0.247. The molecule has 1 rings (SSSR count). The lowest BCUT2D eigenvalue weighted by Crippen LogP contribution is -2.16. The highest BCUT2D eigenvalue weighted by Gasteiger charge is 2.20. The number of benzene rings is 1. The van der Waals surface area contributed by atoms with Crippen molar-refractivity contribution in [1.82, 2.24) is 0 Å². The van der Waals surface area contributed by atoms with E-state index in [1.54, 1.807) is 18.2 Å². The first-order chi connectivity index (χ1) is 9.95. The molecular formula is C16H21IO4. The molecule has 116 valence electrons. The zero-order chi connectivity index (χ0) is 15.8. The molecule has 5 heteroatoms. The SMILES string of the molecule is CCCCOC(=O)c1ccc(I)cc1C(=O)OCC(C)C. The van der Waals surface area contributed by atoms with Crippen molar-refractivity contribution in [2.45, 2.75) is 33.6 Å². The standard InChI is InChI=1S/C16H21IO4/c1-4-5-8-20-15(18)13-7-6-12(17)9-14(13)16(19)21-10-11(2)3/h6-7,9,11H,4-5,8,10H2,1-3H3. The van der Waals surface area contributed by atoms with Crippen molar-refractivity contribution in [3.8, 4) is 0 Å². The van der Waals surface area contributed by atoms with Crippen LogP contribution >= 0.6 is 22.6 Å². The molecule has 0 spiro atoms. The summed E-state index contributed by atoms with van der Waals surface area (Å²) >= 11 is 2.10. The van der Waals surface area contributed by atoms with Gasteiger partial charge in [-0.3, -0.25) is 0 Å². The predicted octanol–water partition coefficient (Wildman–Crippen LogP) is 4.06. The van der Waals surface area contributed by atoms with Crippen molar-refractivity contribution in [3.63, 3.8) is 0 Å². The maximum Gasteiger partial charge on any atom is 0.339 e. The Morgan fingerprint density at radius 2 is 1.81 bits per heavy atom. The van der Waals surface area contributed by atoms with E-state index in [-0.39, 0.29) is 17.0 Å². The number of hydrogen-bond acceptors (Lipinski definition) is 4. The number of ether oxygens (including phenoxy) is 2. The normalized spacial score (nSPS) is 10.5.